The van der Waals surface area contributed by atoms with Gasteiger partial charge in [0.15, 0.2) is 17.8 Å². The van der Waals surface area contributed by atoms with E-state index in [1.54, 1.807) is 14.2 Å². The summed E-state index contributed by atoms with van der Waals surface area (Å²) in [6.07, 6.45) is 1.05. The predicted octanol–water partition coefficient (Wildman–Crippen LogP) is 5.93. The molecule has 1 fully saturated rings. The average molecular weight is 581 g/mol. The molecule has 0 bridgehead atoms. The molecule has 4 aromatic rings. The normalized spacial score (nSPS) is 20.4. The number of aliphatic hydroxyl groups is 1. The summed E-state index contributed by atoms with van der Waals surface area (Å²) in [5, 5.41) is 9.54. The summed E-state index contributed by atoms with van der Waals surface area (Å²) in [4.78, 5) is 2.46. The lowest BCUT2D eigenvalue weighted by atomic mass is 9.96. The number of hydrogen-bond acceptors (Lipinski definition) is 7. The summed E-state index contributed by atoms with van der Waals surface area (Å²) in [6.45, 7) is 3.10. The Hall–Kier alpha value is -3.72. The van der Waals surface area contributed by atoms with Gasteiger partial charge in [-0.25, -0.2) is 0 Å². The van der Waals surface area contributed by atoms with Crippen LogP contribution in [0.25, 0.3) is 11.1 Å². The number of nitrogens with two attached hydrogens (primary N) is 1. The fourth-order valence-electron chi connectivity index (χ4n) is 6.13. The molecule has 0 amide bonds. The first-order chi connectivity index (χ1) is 21.1. The SMILES string of the molecule is COc1cc2c(cc1OC)CN(C[C@@H]1C[C@H](c3ccc(CO)cc3)O[C@H](c3ccc(-c4cccc(CN)c4)cc3)O1)CC2. The van der Waals surface area contributed by atoms with Crippen LogP contribution < -0.4 is 15.2 Å². The highest BCUT2D eigenvalue weighted by atomic mass is 16.7. The zero-order chi connectivity index (χ0) is 29.8. The fraction of sp³-hybridized carbons (Fsp3) is 0.333. The molecule has 43 heavy (non-hydrogen) atoms. The Morgan fingerprint density at radius 3 is 2.23 bits per heavy atom. The van der Waals surface area contributed by atoms with Gasteiger partial charge in [0.05, 0.1) is 33.0 Å². The van der Waals surface area contributed by atoms with Crippen LogP contribution in [0.4, 0.5) is 0 Å². The molecule has 224 valence electrons. The number of hydrogen-bond donors (Lipinski definition) is 2. The molecule has 0 spiro atoms. The molecule has 0 aliphatic carbocycles. The van der Waals surface area contributed by atoms with Crippen molar-refractivity contribution in [2.45, 2.75) is 51.0 Å². The Morgan fingerprint density at radius 1 is 0.814 bits per heavy atom. The molecule has 2 heterocycles. The predicted molar refractivity (Wildman–Crippen MR) is 167 cm³/mol. The Balaban J connectivity index is 1.22. The number of fused-ring (bicyclic) bond motifs is 1. The maximum atomic E-state index is 9.54. The van der Waals surface area contributed by atoms with E-state index in [0.29, 0.717) is 6.54 Å². The number of aliphatic hydroxyl groups excluding tert-OH is 1. The minimum absolute atomic E-state index is 0.0216. The van der Waals surface area contributed by atoms with E-state index in [1.165, 1.54) is 11.1 Å². The Labute approximate surface area is 253 Å². The van der Waals surface area contributed by atoms with E-state index in [0.717, 1.165) is 77.4 Å². The minimum atomic E-state index is -0.493. The summed E-state index contributed by atoms with van der Waals surface area (Å²) < 4.78 is 24.4. The lowest BCUT2D eigenvalue weighted by Gasteiger charge is -2.39. The van der Waals surface area contributed by atoms with Gasteiger partial charge < -0.3 is 29.8 Å². The van der Waals surface area contributed by atoms with Crippen LogP contribution in [0.15, 0.2) is 84.9 Å². The topological polar surface area (TPSA) is 86.4 Å². The highest BCUT2D eigenvalue weighted by molar-refractivity contribution is 5.64. The van der Waals surface area contributed by atoms with E-state index in [-0.39, 0.29) is 18.8 Å². The van der Waals surface area contributed by atoms with Gasteiger partial charge in [0.25, 0.3) is 0 Å². The van der Waals surface area contributed by atoms with Crippen molar-refractivity contribution in [3.63, 3.8) is 0 Å². The number of rotatable bonds is 9. The molecule has 7 nitrogen and oxygen atoms in total. The molecule has 2 aliphatic rings. The van der Waals surface area contributed by atoms with E-state index in [4.69, 9.17) is 24.7 Å². The van der Waals surface area contributed by atoms with Crippen molar-refractivity contribution in [2.75, 3.05) is 27.3 Å². The van der Waals surface area contributed by atoms with Crippen LogP contribution in [0.5, 0.6) is 11.5 Å². The molecule has 0 saturated carbocycles. The van der Waals surface area contributed by atoms with Crippen LogP contribution in [-0.2, 0) is 35.6 Å². The molecule has 0 unspecified atom stereocenters. The Morgan fingerprint density at radius 2 is 1.53 bits per heavy atom. The van der Waals surface area contributed by atoms with Crippen molar-refractivity contribution in [3.8, 4) is 22.6 Å². The van der Waals surface area contributed by atoms with Crippen molar-refractivity contribution >= 4 is 0 Å². The molecule has 6 rings (SSSR count). The number of methoxy groups -OCH3 is 2. The van der Waals surface area contributed by atoms with Crippen LogP contribution in [0, 0.1) is 0 Å². The van der Waals surface area contributed by atoms with Crippen LogP contribution in [-0.4, -0.2) is 43.4 Å². The second kappa shape index (κ2) is 13.3. The van der Waals surface area contributed by atoms with Crippen molar-refractivity contribution in [1.82, 2.24) is 4.90 Å². The average Bonchev–Trinajstić information content (AvgIpc) is 3.07. The smallest absolute Gasteiger partial charge is 0.184 e. The second-order valence-corrected chi connectivity index (χ2v) is 11.3. The lowest BCUT2D eigenvalue weighted by Crippen LogP contribution is -2.41. The van der Waals surface area contributed by atoms with Crippen molar-refractivity contribution in [3.05, 3.63) is 118 Å². The fourth-order valence-corrected chi connectivity index (χ4v) is 6.13. The molecule has 3 N–H and O–H groups in total. The summed E-state index contributed by atoms with van der Waals surface area (Å²) >= 11 is 0. The van der Waals surface area contributed by atoms with Gasteiger partial charge in [-0.1, -0.05) is 66.7 Å². The Bertz CT molecular complexity index is 1520. The zero-order valence-electron chi connectivity index (χ0n) is 24.9. The summed E-state index contributed by atoms with van der Waals surface area (Å²) in [5.41, 5.74) is 14.8. The van der Waals surface area contributed by atoms with E-state index < -0.39 is 6.29 Å². The standard InChI is InChI=1S/C36H40N2O5/c1-40-34-17-30-14-15-38(21-31(30)18-35(34)41-2)22-32-19-33(27-8-6-24(23-39)7-9-27)43-36(42-32)28-12-10-26(11-13-28)29-5-3-4-25(16-29)20-37/h3-13,16-18,32-33,36,39H,14-15,19-23,37H2,1-2H3/t32-,33+,36+/m0/s1. The van der Waals surface area contributed by atoms with Crippen LogP contribution in [0.1, 0.15) is 52.2 Å². The van der Waals surface area contributed by atoms with Gasteiger partial charge in [0.2, 0.25) is 0 Å². The highest BCUT2D eigenvalue weighted by Gasteiger charge is 2.34. The third kappa shape index (κ3) is 6.61. The van der Waals surface area contributed by atoms with Crippen molar-refractivity contribution in [2.24, 2.45) is 5.73 Å². The molecule has 4 aromatic carbocycles. The maximum Gasteiger partial charge on any atom is 0.184 e. The van der Waals surface area contributed by atoms with Gasteiger partial charge >= 0.3 is 0 Å². The number of ether oxygens (including phenoxy) is 4. The maximum absolute atomic E-state index is 9.54. The largest absolute Gasteiger partial charge is 0.493 e. The van der Waals surface area contributed by atoms with Gasteiger partial charge in [-0.15, -0.1) is 0 Å². The van der Waals surface area contributed by atoms with Crippen LogP contribution >= 0.6 is 0 Å². The monoisotopic (exact) mass is 580 g/mol. The molecule has 0 radical (unpaired) electrons. The Kier molecular flexibility index (Phi) is 9.07. The third-order valence-electron chi connectivity index (χ3n) is 8.55. The van der Waals surface area contributed by atoms with E-state index in [1.807, 2.05) is 24.3 Å². The first kappa shape index (κ1) is 29.4. The van der Waals surface area contributed by atoms with Gasteiger partial charge in [0.1, 0.15) is 0 Å². The van der Waals surface area contributed by atoms with Crippen molar-refractivity contribution < 1.29 is 24.1 Å². The van der Waals surface area contributed by atoms with Gasteiger partial charge in [0, 0.05) is 38.2 Å². The van der Waals surface area contributed by atoms with Crippen molar-refractivity contribution in [1.29, 1.82) is 0 Å². The lowest BCUT2D eigenvalue weighted by molar-refractivity contribution is -0.253. The summed E-state index contributed by atoms with van der Waals surface area (Å²) in [5.74, 6) is 1.54. The molecular formula is C36H40N2O5. The van der Waals surface area contributed by atoms with Gasteiger partial charge in [-0.05, 0) is 63.6 Å². The second-order valence-electron chi connectivity index (χ2n) is 11.3. The zero-order valence-corrected chi connectivity index (χ0v) is 24.9. The molecule has 3 atom stereocenters. The molecular weight excluding hydrogens is 540 g/mol. The first-order valence-corrected chi connectivity index (χ1v) is 14.9. The quantitative estimate of drug-likeness (QED) is 0.254. The third-order valence-corrected chi connectivity index (χ3v) is 8.55. The van der Waals surface area contributed by atoms with Gasteiger partial charge in [-0.3, -0.25) is 4.90 Å². The number of benzene rings is 4. The summed E-state index contributed by atoms with van der Waals surface area (Å²) in [6, 6.07) is 29.0. The highest BCUT2D eigenvalue weighted by Crippen LogP contribution is 2.39. The molecule has 7 heteroatoms. The minimum Gasteiger partial charge on any atom is -0.493 e. The van der Waals surface area contributed by atoms with Crippen LogP contribution in [0.2, 0.25) is 0 Å². The van der Waals surface area contributed by atoms with E-state index >= 15 is 0 Å². The number of nitrogens with zero attached hydrogens (tertiary/aromatic N) is 1. The molecule has 2 aliphatic heterocycles. The van der Waals surface area contributed by atoms with E-state index in [9.17, 15) is 5.11 Å². The molecule has 0 aromatic heterocycles. The van der Waals surface area contributed by atoms with E-state index in [2.05, 4.69) is 65.6 Å². The molecule has 1 saturated heterocycles. The first-order valence-electron chi connectivity index (χ1n) is 14.9. The van der Waals surface area contributed by atoms with Gasteiger partial charge in [-0.2, -0.15) is 0 Å². The summed E-state index contributed by atoms with van der Waals surface area (Å²) in [7, 11) is 3.36. The van der Waals surface area contributed by atoms with Crippen LogP contribution in [0.3, 0.4) is 0 Å².